The van der Waals surface area contributed by atoms with Gasteiger partial charge in [-0.15, -0.1) is 150 Å². The maximum absolute atomic E-state index is 7.00. The maximum atomic E-state index is 7.00. The van der Waals surface area contributed by atoms with E-state index in [0.717, 1.165) is 137 Å². The molecule has 96 heavy (non-hydrogen) atoms. The number of hydrogen-bond acceptors (Lipinski definition) is 10. The number of aryl methyl sites for hydroxylation is 4. The van der Waals surface area contributed by atoms with Crippen molar-refractivity contribution in [2.75, 3.05) is 14.2 Å². The topological polar surface area (TPSA) is 144 Å². The first kappa shape index (κ1) is 71.3. The average molecular weight is 1610 g/mol. The molecule has 8 heterocycles. The van der Waals surface area contributed by atoms with Crippen molar-refractivity contribution in [1.29, 1.82) is 0 Å². The van der Waals surface area contributed by atoms with Crippen molar-refractivity contribution in [3.05, 3.63) is 338 Å². The summed E-state index contributed by atoms with van der Waals surface area (Å²) in [4.78, 5) is 26.7. The SMILES string of the molecule is CO.CO.Cc1cnc(-c2[c-]ccc3c2oc2ccccc23)cc1C.Cc1cnc(-c2cccc3c2oc2ccccc23)cc1C.[Ir+3].[Ir+3].[c-]1ccccc1-c1cccc(-c2[c-]c(-c3ccccn3)ccc2)n1.[c-]1ccccc1-c1ccccn1.[c-]1ccccc1-c1ccccn1. The molecule has 0 aliphatic heterocycles. The van der Waals surface area contributed by atoms with Gasteiger partial charge in [0.25, 0.3) is 0 Å². The van der Waals surface area contributed by atoms with E-state index in [1.807, 2.05) is 225 Å². The second kappa shape index (κ2) is 36.2. The molecule has 2 N–H and O–H groups in total. The molecule has 0 saturated carbocycles. The maximum Gasteiger partial charge on any atom is 3.00 e. The van der Waals surface area contributed by atoms with Crippen LogP contribution in [0.2, 0.25) is 0 Å². The van der Waals surface area contributed by atoms with E-state index in [-0.39, 0.29) is 40.2 Å². The van der Waals surface area contributed by atoms with Crippen LogP contribution in [-0.2, 0) is 40.2 Å². The molecular formula is C84H67Ir2N6O4+. The van der Waals surface area contributed by atoms with Gasteiger partial charge >= 0.3 is 40.2 Å². The molecule has 0 aliphatic carbocycles. The quantitative estimate of drug-likeness (QED) is 0.148. The molecule has 0 saturated heterocycles. The molecule has 16 aromatic rings. The number of fused-ring (bicyclic) bond motifs is 6. The van der Waals surface area contributed by atoms with Gasteiger partial charge in [-0.3, -0.25) is 9.97 Å². The number of aliphatic hydroxyl groups excluding tert-OH is 2. The van der Waals surface area contributed by atoms with E-state index in [2.05, 4.69) is 125 Å². The van der Waals surface area contributed by atoms with E-state index in [1.165, 1.54) is 22.3 Å². The number of aromatic nitrogens is 6. The Morgan fingerprint density at radius 1 is 0.302 bits per heavy atom. The van der Waals surface area contributed by atoms with Crippen molar-refractivity contribution in [2.24, 2.45) is 0 Å². The zero-order chi connectivity index (χ0) is 65.4. The Hall–Kier alpha value is -10.5. The normalized spacial score (nSPS) is 10.1. The van der Waals surface area contributed by atoms with Crippen LogP contribution in [0.4, 0.5) is 0 Å². The van der Waals surface area contributed by atoms with Crippen molar-refractivity contribution in [3.8, 4) is 78.8 Å². The minimum Gasteiger partial charge on any atom is -0.501 e. The third-order valence-corrected chi connectivity index (χ3v) is 15.1. The van der Waals surface area contributed by atoms with Crippen LogP contribution in [0.15, 0.2) is 295 Å². The Labute approximate surface area is 587 Å². The van der Waals surface area contributed by atoms with Crippen LogP contribution < -0.4 is 0 Å². The van der Waals surface area contributed by atoms with Crippen molar-refractivity contribution in [3.63, 3.8) is 0 Å². The first-order chi connectivity index (χ1) is 46.3. The van der Waals surface area contributed by atoms with Crippen LogP contribution >= 0.6 is 0 Å². The van der Waals surface area contributed by atoms with E-state index in [9.17, 15) is 0 Å². The smallest absolute Gasteiger partial charge is 0.501 e. The van der Waals surface area contributed by atoms with Crippen molar-refractivity contribution in [2.45, 2.75) is 27.7 Å². The van der Waals surface area contributed by atoms with Crippen molar-refractivity contribution in [1.82, 2.24) is 29.9 Å². The van der Waals surface area contributed by atoms with E-state index in [0.29, 0.717) is 0 Å². The van der Waals surface area contributed by atoms with Gasteiger partial charge in [0.2, 0.25) is 0 Å². The molecule has 0 atom stereocenters. The Morgan fingerprint density at radius 3 is 1.19 bits per heavy atom. The standard InChI is InChI=1S/C22H14N2.C19H15NO.C19H14NO.2C11H8N.2CH4O.2Ir/c1-2-8-17(9-3-1)21-13-7-14-22(24-21)19-11-6-10-18(16-19)20-12-4-5-15-23-20;2*1-12-10-17(20-11-13(12)2)16-8-5-7-15-14-6-3-4-9-18(14)21-19(15)16;2*1-2-6-10(7-3-1)11-8-4-5-9-12-11;2*1-2;;/h1-8,10-15H;3-11H,1-2H3;3-7,9-11H,1-2H3;2*1-6,8-9H;2*2H,1H3;;/q-2;;3*-1;;;2*+3. The van der Waals surface area contributed by atoms with E-state index >= 15 is 0 Å². The number of nitrogens with zero attached hydrogens (tertiary/aromatic N) is 6. The number of furan rings is 2. The summed E-state index contributed by atoms with van der Waals surface area (Å²) in [6.07, 6.45) is 9.19. The van der Waals surface area contributed by atoms with Gasteiger partial charge in [0.05, 0.1) is 11.3 Å². The van der Waals surface area contributed by atoms with Crippen LogP contribution in [0.25, 0.3) is 123 Å². The first-order valence-corrected chi connectivity index (χ1v) is 30.4. The fraction of sp³-hybridized carbons (Fsp3) is 0.0714. The molecule has 0 amide bonds. The second-order valence-corrected chi connectivity index (χ2v) is 21.1. The molecule has 10 nitrogen and oxygen atoms in total. The van der Waals surface area contributed by atoms with Crippen molar-refractivity contribution >= 4 is 43.9 Å². The minimum absolute atomic E-state index is 0. The summed E-state index contributed by atoms with van der Waals surface area (Å²) >= 11 is 0. The largest absolute Gasteiger partial charge is 3.00 e. The third-order valence-electron chi connectivity index (χ3n) is 15.1. The zero-order valence-corrected chi connectivity index (χ0v) is 58.5. The van der Waals surface area contributed by atoms with Gasteiger partial charge in [0, 0.05) is 72.6 Å². The molecule has 8 aromatic heterocycles. The Kier molecular flexibility index (Phi) is 26.9. The molecule has 0 aliphatic rings. The van der Waals surface area contributed by atoms with E-state index in [1.54, 1.807) is 18.6 Å². The molecule has 0 bridgehead atoms. The van der Waals surface area contributed by atoms with Gasteiger partial charge in [-0.2, -0.15) is 0 Å². The summed E-state index contributed by atoms with van der Waals surface area (Å²) in [5, 5.41) is 18.5. The van der Waals surface area contributed by atoms with Gasteiger partial charge in [-0.25, -0.2) is 0 Å². The Balaban J connectivity index is 0.000000154. The second-order valence-electron chi connectivity index (χ2n) is 21.1. The summed E-state index contributed by atoms with van der Waals surface area (Å²) in [6, 6.07) is 100. The number of benzene rings is 8. The van der Waals surface area contributed by atoms with Gasteiger partial charge < -0.3 is 39.0 Å². The molecule has 0 fully saturated rings. The fourth-order valence-corrected chi connectivity index (χ4v) is 10.1. The molecule has 0 radical (unpaired) electrons. The van der Waals surface area contributed by atoms with E-state index in [4.69, 9.17) is 24.0 Å². The number of aliphatic hydroxyl groups is 2. The summed E-state index contributed by atoms with van der Waals surface area (Å²) in [6.45, 7) is 8.35. The number of rotatable bonds is 7. The molecule has 16 rings (SSSR count). The Morgan fingerprint density at radius 2 is 0.688 bits per heavy atom. The predicted molar refractivity (Wildman–Crippen MR) is 381 cm³/mol. The molecule has 12 heteroatoms. The van der Waals surface area contributed by atoms with Crippen LogP contribution in [0, 0.1) is 58.0 Å². The summed E-state index contributed by atoms with van der Waals surface area (Å²) < 4.78 is 12.1. The first-order valence-electron chi connectivity index (χ1n) is 30.4. The summed E-state index contributed by atoms with van der Waals surface area (Å²) in [5.74, 6) is 0. The predicted octanol–water partition coefficient (Wildman–Crippen LogP) is 19.7. The van der Waals surface area contributed by atoms with Crippen molar-refractivity contribution < 1.29 is 59.3 Å². The van der Waals surface area contributed by atoms with Crippen LogP contribution in [0.3, 0.4) is 0 Å². The summed E-state index contributed by atoms with van der Waals surface area (Å²) in [7, 11) is 2.00. The fourth-order valence-electron chi connectivity index (χ4n) is 10.1. The average Bonchev–Trinajstić information content (AvgIpc) is 1.62. The summed E-state index contributed by atoms with van der Waals surface area (Å²) in [5.41, 5.74) is 21.9. The molecule has 0 unspecified atom stereocenters. The van der Waals surface area contributed by atoms with Crippen LogP contribution in [0.1, 0.15) is 22.3 Å². The molecule has 8 aromatic carbocycles. The van der Waals surface area contributed by atoms with Gasteiger partial charge in [-0.05, 0) is 115 Å². The van der Waals surface area contributed by atoms with Crippen LogP contribution in [-0.4, -0.2) is 54.3 Å². The number of para-hydroxylation sites is 3. The van der Waals surface area contributed by atoms with Gasteiger partial charge in [-0.1, -0.05) is 137 Å². The monoisotopic (exact) mass is 1610 g/mol. The molecular weight excluding hydrogens is 1540 g/mol. The number of hydrogen-bond donors (Lipinski definition) is 2. The van der Waals surface area contributed by atoms with Crippen LogP contribution in [0.5, 0.6) is 0 Å². The van der Waals surface area contributed by atoms with Gasteiger partial charge in [0.1, 0.15) is 16.7 Å². The third kappa shape index (κ3) is 18.0. The number of pyridine rings is 6. The van der Waals surface area contributed by atoms with Gasteiger partial charge in [0.15, 0.2) is 0 Å². The Bertz CT molecular complexity index is 4610. The molecule has 0 spiro atoms. The molecule has 474 valence electrons. The zero-order valence-electron chi connectivity index (χ0n) is 53.7. The van der Waals surface area contributed by atoms with E-state index < -0.39 is 0 Å². The minimum atomic E-state index is 0.